The van der Waals surface area contributed by atoms with Gasteiger partial charge >= 0.3 is 6.18 Å². The first-order chi connectivity index (χ1) is 7.45. The Kier molecular flexibility index (Phi) is 2.58. The first-order valence-electron chi connectivity index (χ1n) is 4.92. The van der Waals surface area contributed by atoms with Crippen molar-refractivity contribution in [3.05, 3.63) is 29.8 Å². The van der Waals surface area contributed by atoms with Gasteiger partial charge in [0, 0.05) is 12.8 Å². The predicted octanol–water partition coefficient (Wildman–Crippen LogP) is 2.66. The number of phenolic OH excluding ortho intramolecular Hbond substituents is 1. The van der Waals surface area contributed by atoms with Crippen molar-refractivity contribution in [3.63, 3.8) is 0 Å². The van der Waals surface area contributed by atoms with Crippen molar-refractivity contribution in [2.24, 2.45) is 0 Å². The van der Waals surface area contributed by atoms with Crippen LogP contribution < -0.4 is 0 Å². The Labute approximate surface area is 90.7 Å². The normalized spacial score (nSPS) is 25.2. The van der Waals surface area contributed by atoms with Crippen LogP contribution in [-0.4, -0.2) is 23.5 Å². The molecule has 1 heterocycles. The molecule has 1 unspecified atom stereocenters. The number of phenols is 1. The zero-order chi connectivity index (χ0) is 11.8. The Morgan fingerprint density at radius 1 is 1.31 bits per heavy atom. The van der Waals surface area contributed by atoms with Crippen LogP contribution in [0.15, 0.2) is 24.3 Å². The van der Waals surface area contributed by atoms with Crippen LogP contribution in [0, 0.1) is 0 Å². The molecule has 0 radical (unpaired) electrons. The molecule has 1 saturated heterocycles. The van der Waals surface area contributed by atoms with E-state index in [1.807, 2.05) is 0 Å². The molecule has 0 aliphatic carbocycles. The molecular weight excluding hydrogens is 221 g/mol. The fraction of sp³-hybridized carbons (Fsp3) is 0.455. The van der Waals surface area contributed by atoms with E-state index in [0.717, 1.165) is 0 Å². The number of hydrogen-bond donors (Lipinski definition) is 1. The molecule has 1 aromatic carbocycles. The lowest BCUT2D eigenvalue weighted by atomic mass is 9.86. The Morgan fingerprint density at radius 2 is 1.94 bits per heavy atom. The molecule has 1 fully saturated rings. The van der Waals surface area contributed by atoms with E-state index in [2.05, 4.69) is 0 Å². The predicted molar refractivity (Wildman–Crippen MR) is 51.2 cm³/mol. The van der Waals surface area contributed by atoms with Crippen molar-refractivity contribution >= 4 is 0 Å². The van der Waals surface area contributed by atoms with Crippen LogP contribution in [-0.2, 0) is 11.2 Å². The zero-order valence-electron chi connectivity index (χ0n) is 8.42. The van der Waals surface area contributed by atoms with E-state index < -0.39 is 11.8 Å². The summed E-state index contributed by atoms with van der Waals surface area (Å²) in [5.74, 6) is -0.123. The average Bonchev–Trinajstić information content (AvgIpc) is 2.11. The second-order valence-electron chi connectivity index (χ2n) is 3.90. The van der Waals surface area contributed by atoms with E-state index in [1.54, 1.807) is 12.1 Å². The molecule has 16 heavy (non-hydrogen) atoms. The molecule has 0 saturated carbocycles. The van der Waals surface area contributed by atoms with E-state index in [9.17, 15) is 18.3 Å². The summed E-state index contributed by atoms with van der Waals surface area (Å²) >= 11 is 0. The van der Waals surface area contributed by atoms with Gasteiger partial charge < -0.3 is 9.84 Å². The molecule has 1 aliphatic rings. The maximum atomic E-state index is 12.8. The lowest BCUT2D eigenvalue weighted by Crippen LogP contribution is -2.57. The fourth-order valence-electron chi connectivity index (χ4n) is 1.78. The second-order valence-corrected chi connectivity index (χ2v) is 3.90. The van der Waals surface area contributed by atoms with E-state index in [1.165, 1.54) is 12.1 Å². The van der Waals surface area contributed by atoms with Crippen LogP contribution in [0.3, 0.4) is 0 Å². The molecule has 0 aromatic heterocycles. The quantitative estimate of drug-likeness (QED) is 0.849. The van der Waals surface area contributed by atoms with Crippen molar-refractivity contribution in [2.45, 2.75) is 24.6 Å². The van der Waals surface area contributed by atoms with Crippen LogP contribution in [0.1, 0.15) is 12.0 Å². The van der Waals surface area contributed by atoms with Crippen LogP contribution in [0.25, 0.3) is 0 Å². The third kappa shape index (κ3) is 1.75. The first-order valence-corrected chi connectivity index (χ1v) is 4.92. The maximum Gasteiger partial charge on any atom is 0.417 e. The molecule has 1 N–H and O–H groups in total. The summed E-state index contributed by atoms with van der Waals surface area (Å²) < 4.78 is 43.0. The highest BCUT2D eigenvalue weighted by Gasteiger charge is 2.60. The standard InChI is InChI=1S/C11H11F3O2/c12-11(13,14)10(5-6-16-10)7-8-3-1-2-4-9(8)15/h1-4,15H,5-7H2. The fourth-order valence-corrected chi connectivity index (χ4v) is 1.78. The van der Waals surface area contributed by atoms with Crippen LogP contribution >= 0.6 is 0 Å². The van der Waals surface area contributed by atoms with Gasteiger partial charge in [-0.15, -0.1) is 0 Å². The number of alkyl halides is 3. The molecule has 5 heteroatoms. The van der Waals surface area contributed by atoms with Crippen LogP contribution in [0.2, 0.25) is 0 Å². The van der Waals surface area contributed by atoms with Gasteiger partial charge in [0.15, 0.2) is 5.60 Å². The van der Waals surface area contributed by atoms with Gasteiger partial charge in [-0.2, -0.15) is 13.2 Å². The molecule has 1 aliphatic heterocycles. The number of halogens is 3. The molecular formula is C11H11F3O2. The molecule has 0 amide bonds. The first kappa shape index (κ1) is 11.3. The minimum absolute atomic E-state index is 0.0508. The number of aromatic hydroxyl groups is 1. The highest BCUT2D eigenvalue weighted by molar-refractivity contribution is 5.33. The average molecular weight is 232 g/mol. The van der Waals surface area contributed by atoms with Crippen molar-refractivity contribution in [3.8, 4) is 5.75 Å². The molecule has 2 rings (SSSR count). The van der Waals surface area contributed by atoms with Crippen LogP contribution in [0.4, 0.5) is 13.2 Å². The summed E-state index contributed by atoms with van der Waals surface area (Å²) in [6, 6.07) is 6.01. The van der Waals surface area contributed by atoms with Gasteiger partial charge in [-0.3, -0.25) is 0 Å². The Bertz CT molecular complexity index is 383. The Morgan fingerprint density at radius 3 is 2.38 bits per heavy atom. The molecule has 2 nitrogen and oxygen atoms in total. The summed E-state index contributed by atoms with van der Waals surface area (Å²) in [4.78, 5) is 0. The second kappa shape index (κ2) is 3.66. The van der Waals surface area contributed by atoms with Gasteiger partial charge in [0.05, 0.1) is 6.61 Å². The molecule has 0 bridgehead atoms. The third-order valence-corrected chi connectivity index (χ3v) is 2.87. The van der Waals surface area contributed by atoms with Gasteiger partial charge in [-0.25, -0.2) is 0 Å². The summed E-state index contributed by atoms with van der Waals surface area (Å²) in [5, 5.41) is 9.44. The highest BCUT2D eigenvalue weighted by atomic mass is 19.4. The summed E-state index contributed by atoms with van der Waals surface area (Å²) in [6.07, 6.45) is -4.78. The summed E-state index contributed by atoms with van der Waals surface area (Å²) in [7, 11) is 0. The van der Waals surface area contributed by atoms with Crippen molar-refractivity contribution in [2.75, 3.05) is 6.61 Å². The molecule has 1 aromatic rings. The van der Waals surface area contributed by atoms with Crippen molar-refractivity contribution in [1.29, 1.82) is 0 Å². The maximum absolute atomic E-state index is 12.8. The Hall–Kier alpha value is -1.23. The van der Waals surface area contributed by atoms with Gasteiger partial charge in [0.1, 0.15) is 5.75 Å². The van der Waals surface area contributed by atoms with E-state index in [0.29, 0.717) is 0 Å². The number of hydrogen-bond acceptors (Lipinski definition) is 2. The Balaban J connectivity index is 2.23. The van der Waals surface area contributed by atoms with Crippen LogP contribution in [0.5, 0.6) is 5.75 Å². The van der Waals surface area contributed by atoms with Crippen molar-refractivity contribution < 1.29 is 23.0 Å². The van der Waals surface area contributed by atoms with E-state index in [-0.39, 0.29) is 30.8 Å². The highest BCUT2D eigenvalue weighted by Crippen LogP contribution is 2.45. The van der Waals surface area contributed by atoms with Gasteiger partial charge in [-0.1, -0.05) is 18.2 Å². The number of rotatable bonds is 2. The topological polar surface area (TPSA) is 29.5 Å². The molecule has 88 valence electrons. The van der Waals surface area contributed by atoms with Gasteiger partial charge in [0.2, 0.25) is 0 Å². The minimum atomic E-state index is -4.40. The van der Waals surface area contributed by atoms with Gasteiger partial charge in [0.25, 0.3) is 0 Å². The molecule has 0 spiro atoms. The third-order valence-electron chi connectivity index (χ3n) is 2.87. The SMILES string of the molecule is Oc1ccccc1CC1(C(F)(F)F)CCO1. The van der Waals surface area contributed by atoms with E-state index in [4.69, 9.17) is 4.74 Å². The largest absolute Gasteiger partial charge is 0.508 e. The number of benzene rings is 1. The summed E-state index contributed by atoms with van der Waals surface area (Å²) in [5.41, 5.74) is -1.84. The lowest BCUT2D eigenvalue weighted by Gasteiger charge is -2.43. The molecule has 1 atom stereocenters. The smallest absolute Gasteiger partial charge is 0.417 e. The zero-order valence-corrected chi connectivity index (χ0v) is 8.42. The monoisotopic (exact) mass is 232 g/mol. The van der Waals surface area contributed by atoms with Gasteiger partial charge in [-0.05, 0) is 11.6 Å². The van der Waals surface area contributed by atoms with E-state index >= 15 is 0 Å². The lowest BCUT2D eigenvalue weighted by molar-refractivity contribution is -0.324. The number of para-hydroxylation sites is 1. The minimum Gasteiger partial charge on any atom is -0.508 e. The number of ether oxygens (including phenoxy) is 1. The van der Waals surface area contributed by atoms with Crippen molar-refractivity contribution in [1.82, 2.24) is 0 Å². The summed E-state index contributed by atoms with van der Waals surface area (Å²) in [6.45, 7) is 0.118.